The smallest absolute Gasteiger partial charge is 0.306 e. The van der Waals surface area contributed by atoms with Crippen LogP contribution in [-0.2, 0) is 9.63 Å². The number of carboxylic acids is 1. The van der Waals surface area contributed by atoms with Gasteiger partial charge in [0.15, 0.2) is 0 Å². The molecule has 7 nitrogen and oxygen atoms in total. The van der Waals surface area contributed by atoms with Crippen molar-refractivity contribution >= 4 is 5.97 Å². The predicted molar refractivity (Wildman–Crippen MR) is 61.8 cm³/mol. The van der Waals surface area contributed by atoms with E-state index in [1.54, 1.807) is 7.05 Å². The van der Waals surface area contributed by atoms with E-state index in [1.807, 2.05) is 20.8 Å². The second-order valence-corrected chi connectivity index (χ2v) is 5.62. The van der Waals surface area contributed by atoms with Crippen molar-refractivity contribution in [2.75, 3.05) is 7.05 Å². The lowest BCUT2D eigenvalue weighted by atomic mass is 10.1. The molecule has 1 aliphatic carbocycles. The first-order valence-corrected chi connectivity index (χ1v) is 6.04. The van der Waals surface area contributed by atoms with Crippen molar-refractivity contribution < 1.29 is 24.9 Å². The van der Waals surface area contributed by atoms with E-state index in [4.69, 9.17) is 9.94 Å². The summed E-state index contributed by atoms with van der Waals surface area (Å²) >= 11 is 0. The van der Waals surface area contributed by atoms with Gasteiger partial charge in [-0.25, -0.2) is 5.21 Å². The number of hydrazine groups is 1. The number of hydrogen-bond donors (Lipinski definition) is 2. The van der Waals surface area contributed by atoms with Gasteiger partial charge in [-0.2, -0.15) is 0 Å². The fraction of sp³-hybridized carbons (Fsp3) is 0.909. The summed E-state index contributed by atoms with van der Waals surface area (Å²) in [7, 11) is 1.68. The van der Waals surface area contributed by atoms with E-state index in [-0.39, 0.29) is 17.6 Å². The summed E-state index contributed by atoms with van der Waals surface area (Å²) in [6.07, 6.45) is 1.43. The molecule has 0 spiro atoms. The molecule has 18 heavy (non-hydrogen) atoms. The minimum atomic E-state index is -0.797. The Labute approximate surface area is 107 Å². The zero-order valence-electron chi connectivity index (χ0n) is 11.3. The zero-order chi connectivity index (χ0) is 13.9. The molecule has 1 aliphatic rings. The lowest BCUT2D eigenvalue weighted by Gasteiger charge is -2.22. The summed E-state index contributed by atoms with van der Waals surface area (Å²) in [6.45, 7) is 5.76. The lowest BCUT2D eigenvalue weighted by Crippen LogP contribution is -2.43. The Morgan fingerprint density at radius 3 is 2.50 bits per heavy atom. The largest absolute Gasteiger partial charge is 0.481 e. The maximum absolute atomic E-state index is 10.8. The molecule has 7 heteroatoms. The Morgan fingerprint density at radius 2 is 2.06 bits per heavy atom. The first-order chi connectivity index (χ1) is 8.21. The van der Waals surface area contributed by atoms with Crippen LogP contribution in [0.2, 0.25) is 0 Å². The zero-order valence-corrected chi connectivity index (χ0v) is 11.3. The normalized spacial score (nSPS) is 25.0. The average Bonchev–Trinajstić information content (AvgIpc) is 2.72. The number of carboxylic acid groups (broad SMARTS) is 1. The minimum Gasteiger partial charge on any atom is -0.481 e. The molecular formula is C11H22N3O4+. The van der Waals surface area contributed by atoms with E-state index in [0.29, 0.717) is 24.2 Å². The van der Waals surface area contributed by atoms with E-state index >= 15 is 0 Å². The van der Waals surface area contributed by atoms with Crippen LogP contribution in [0.4, 0.5) is 0 Å². The molecule has 0 aromatic rings. The number of hydrogen-bond acceptors (Lipinski definition) is 3. The Kier molecular flexibility index (Phi) is 4.37. The molecule has 0 unspecified atom stereocenters. The number of carbonyl (C=O) groups is 1. The Balaban J connectivity index is 2.48. The highest BCUT2D eigenvalue weighted by molar-refractivity contribution is 5.70. The molecular weight excluding hydrogens is 238 g/mol. The highest BCUT2D eigenvalue weighted by Crippen LogP contribution is 2.28. The molecule has 0 aromatic carbocycles. The maximum Gasteiger partial charge on any atom is 0.306 e. The van der Waals surface area contributed by atoms with Gasteiger partial charge in [0.2, 0.25) is 0 Å². The molecule has 0 heterocycles. The van der Waals surface area contributed by atoms with Crippen molar-refractivity contribution in [2.24, 2.45) is 11.2 Å². The van der Waals surface area contributed by atoms with Gasteiger partial charge in [0.05, 0.1) is 18.5 Å². The second kappa shape index (κ2) is 5.41. The van der Waals surface area contributed by atoms with Crippen LogP contribution in [0.15, 0.2) is 5.28 Å². The topological polar surface area (TPSA) is 85.4 Å². The van der Waals surface area contributed by atoms with Crippen LogP contribution in [0.25, 0.3) is 0 Å². The molecule has 1 fully saturated rings. The van der Waals surface area contributed by atoms with Gasteiger partial charge in [-0.15, -0.1) is 5.01 Å². The first-order valence-electron chi connectivity index (χ1n) is 6.04. The molecule has 0 amide bonds. The summed E-state index contributed by atoms with van der Waals surface area (Å²) in [4.78, 5) is 16.6. The number of nitrogens with zero attached hydrogens (tertiary/aromatic N) is 3. The van der Waals surface area contributed by atoms with Crippen LogP contribution in [0.3, 0.4) is 0 Å². The fourth-order valence-corrected chi connectivity index (χ4v) is 1.69. The Morgan fingerprint density at radius 1 is 1.44 bits per heavy atom. The highest BCUT2D eigenvalue weighted by atomic mass is 16.7. The molecule has 1 rings (SSSR count). The quantitative estimate of drug-likeness (QED) is 0.456. The standard InChI is InChI=1S/C11H21N3O4/c1-11(2,3)13(4)14(17)12-18-9-6-5-8(7-9)10(15)16/h8-9H,5-7H2,1-4H3,(H-,12,15,16,17)/p+1/t8-,9-/m0/s1. The number of aliphatic carboxylic acids is 1. The molecule has 0 aliphatic heterocycles. The molecule has 2 N–H and O–H groups in total. The lowest BCUT2D eigenvalue weighted by molar-refractivity contribution is -0.946. The molecule has 0 aromatic heterocycles. The summed E-state index contributed by atoms with van der Waals surface area (Å²) in [5.41, 5.74) is -0.291. The first kappa shape index (κ1) is 14.5. The molecule has 0 saturated heterocycles. The summed E-state index contributed by atoms with van der Waals surface area (Å²) in [5.74, 6) is -1.16. The van der Waals surface area contributed by atoms with E-state index in [2.05, 4.69) is 5.28 Å². The van der Waals surface area contributed by atoms with Gasteiger partial charge in [0.25, 0.3) is 10.2 Å². The van der Waals surface area contributed by atoms with E-state index in [9.17, 15) is 10.0 Å². The monoisotopic (exact) mass is 260 g/mol. The van der Waals surface area contributed by atoms with Crippen LogP contribution < -0.4 is 0 Å². The van der Waals surface area contributed by atoms with E-state index in [0.717, 1.165) is 0 Å². The van der Waals surface area contributed by atoms with Crippen molar-refractivity contribution in [1.82, 2.24) is 5.01 Å². The summed E-state index contributed by atoms with van der Waals surface area (Å²) < 4.78 is 0. The minimum absolute atomic E-state index is 0.242. The van der Waals surface area contributed by atoms with Crippen molar-refractivity contribution in [2.45, 2.75) is 51.7 Å². The highest BCUT2D eigenvalue weighted by Gasteiger charge is 2.33. The molecule has 0 radical (unpaired) electrons. The van der Waals surface area contributed by atoms with Gasteiger partial charge in [-0.05, 0) is 33.6 Å². The third kappa shape index (κ3) is 3.75. The third-order valence-corrected chi connectivity index (χ3v) is 3.24. The maximum atomic E-state index is 10.8. The van der Waals surface area contributed by atoms with Crippen LogP contribution in [0.5, 0.6) is 0 Å². The van der Waals surface area contributed by atoms with Gasteiger partial charge in [0, 0.05) is 6.42 Å². The molecule has 2 atom stereocenters. The SMILES string of the molecule is CN(/[N+](O)=N/O[C@H]1CC[C@H](C(=O)O)C1)C(C)(C)C. The van der Waals surface area contributed by atoms with Crippen molar-refractivity contribution in [3.63, 3.8) is 0 Å². The van der Waals surface area contributed by atoms with Gasteiger partial charge < -0.3 is 9.94 Å². The average molecular weight is 260 g/mol. The Hall–Kier alpha value is -1.53. The van der Waals surface area contributed by atoms with Gasteiger partial charge in [-0.3, -0.25) is 4.79 Å². The van der Waals surface area contributed by atoms with Crippen molar-refractivity contribution in [3.8, 4) is 0 Å². The van der Waals surface area contributed by atoms with E-state index < -0.39 is 5.97 Å². The van der Waals surface area contributed by atoms with E-state index in [1.165, 1.54) is 5.01 Å². The van der Waals surface area contributed by atoms with Crippen LogP contribution in [0.1, 0.15) is 40.0 Å². The van der Waals surface area contributed by atoms with Gasteiger partial charge in [0.1, 0.15) is 6.10 Å². The van der Waals surface area contributed by atoms with Crippen LogP contribution in [-0.4, -0.2) is 45.0 Å². The third-order valence-electron chi connectivity index (χ3n) is 3.24. The van der Waals surface area contributed by atoms with Crippen LogP contribution in [0, 0.1) is 5.92 Å². The molecule has 104 valence electrons. The number of rotatable bonds is 4. The summed E-state index contributed by atoms with van der Waals surface area (Å²) in [5, 5.41) is 23.6. The van der Waals surface area contributed by atoms with Gasteiger partial charge >= 0.3 is 5.97 Å². The Bertz CT molecular complexity index is 338. The summed E-state index contributed by atoms with van der Waals surface area (Å²) in [6, 6.07) is 0. The van der Waals surface area contributed by atoms with Crippen LogP contribution >= 0.6 is 0 Å². The molecule has 0 bridgehead atoms. The second-order valence-electron chi connectivity index (χ2n) is 5.62. The van der Waals surface area contributed by atoms with Gasteiger partial charge in [-0.1, -0.05) is 0 Å². The van der Waals surface area contributed by atoms with Crippen molar-refractivity contribution in [3.05, 3.63) is 0 Å². The van der Waals surface area contributed by atoms with Crippen molar-refractivity contribution in [1.29, 1.82) is 0 Å². The molecule has 1 saturated carbocycles. The fourth-order valence-electron chi connectivity index (χ4n) is 1.69. The predicted octanol–water partition coefficient (Wildman–Crippen LogP) is 1.67.